The molecule has 1 atom stereocenters. The molecule has 2 rings (SSSR count). The standard InChI is InChI=1S/C17H18ClNO2/c1-3-16(21-15-9-7-12(2)8-10-15)17(20)19-14-6-4-5-13(18)11-14/h4-11,16H,3H2,1-2H3,(H,19,20)/t16-/m1/s1. The molecule has 0 fully saturated rings. The number of rotatable bonds is 5. The van der Waals surface area contributed by atoms with E-state index in [1.807, 2.05) is 38.1 Å². The van der Waals surface area contributed by atoms with Crippen molar-refractivity contribution in [3.63, 3.8) is 0 Å². The summed E-state index contributed by atoms with van der Waals surface area (Å²) in [5, 5.41) is 3.40. The van der Waals surface area contributed by atoms with Gasteiger partial charge in [-0.15, -0.1) is 0 Å². The van der Waals surface area contributed by atoms with Crippen LogP contribution in [0.15, 0.2) is 48.5 Å². The Kier molecular flexibility index (Phi) is 5.23. The molecule has 2 aromatic carbocycles. The van der Waals surface area contributed by atoms with Gasteiger partial charge in [-0.1, -0.05) is 42.3 Å². The summed E-state index contributed by atoms with van der Waals surface area (Å²) in [7, 11) is 0. The van der Waals surface area contributed by atoms with Crippen LogP contribution >= 0.6 is 11.6 Å². The maximum Gasteiger partial charge on any atom is 0.265 e. The summed E-state index contributed by atoms with van der Waals surface area (Å²) in [5.41, 5.74) is 1.82. The van der Waals surface area contributed by atoms with E-state index in [1.54, 1.807) is 24.3 Å². The lowest BCUT2D eigenvalue weighted by atomic mass is 10.2. The zero-order chi connectivity index (χ0) is 15.2. The number of aryl methyl sites for hydroxylation is 1. The molecule has 3 nitrogen and oxygen atoms in total. The largest absolute Gasteiger partial charge is 0.481 e. The number of carbonyl (C=O) groups is 1. The summed E-state index contributed by atoms with van der Waals surface area (Å²) < 4.78 is 5.74. The Morgan fingerprint density at radius 3 is 2.57 bits per heavy atom. The van der Waals surface area contributed by atoms with Crippen molar-refractivity contribution in [2.75, 3.05) is 5.32 Å². The van der Waals surface area contributed by atoms with Crippen LogP contribution in [0.25, 0.3) is 0 Å². The average Bonchev–Trinajstić information content (AvgIpc) is 2.46. The number of amides is 1. The van der Waals surface area contributed by atoms with Gasteiger partial charge in [0.1, 0.15) is 5.75 Å². The normalized spacial score (nSPS) is 11.8. The van der Waals surface area contributed by atoms with E-state index >= 15 is 0 Å². The van der Waals surface area contributed by atoms with Gasteiger partial charge in [0.05, 0.1) is 0 Å². The highest BCUT2D eigenvalue weighted by molar-refractivity contribution is 6.30. The maximum absolute atomic E-state index is 12.2. The van der Waals surface area contributed by atoms with Crippen LogP contribution < -0.4 is 10.1 Å². The van der Waals surface area contributed by atoms with Crippen LogP contribution in [0.5, 0.6) is 5.75 Å². The molecule has 21 heavy (non-hydrogen) atoms. The lowest BCUT2D eigenvalue weighted by Crippen LogP contribution is -2.32. The van der Waals surface area contributed by atoms with Gasteiger partial charge >= 0.3 is 0 Å². The SMILES string of the molecule is CC[C@@H](Oc1ccc(C)cc1)C(=O)Nc1cccc(Cl)c1. The van der Waals surface area contributed by atoms with E-state index in [4.69, 9.17) is 16.3 Å². The minimum atomic E-state index is -0.535. The fourth-order valence-electron chi connectivity index (χ4n) is 1.89. The third kappa shape index (κ3) is 4.50. The molecule has 110 valence electrons. The van der Waals surface area contributed by atoms with Crippen molar-refractivity contribution < 1.29 is 9.53 Å². The van der Waals surface area contributed by atoms with Crippen molar-refractivity contribution in [1.82, 2.24) is 0 Å². The molecule has 0 aromatic heterocycles. The first kappa shape index (κ1) is 15.4. The number of hydrogen-bond acceptors (Lipinski definition) is 2. The topological polar surface area (TPSA) is 38.3 Å². The van der Waals surface area contributed by atoms with Crippen molar-refractivity contribution in [3.8, 4) is 5.75 Å². The molecule has 0 saturated carbocycles. The zero-order valence-corrected chi connectivity index (χ0v) is 12.9. The molecular formula is C17H18ClNO2. The Morgan fingerprint density at radius 2 is 1.95 bits per heavy atom. The molecule has 4 heteroatoms. The number of nitrogens with one attached hydrogen (secondary N) is 1. The zero-order valence-electron chi connectivity index (χ0n) is 12.1. The van der Waals surface area contributed by atoms with Crippen molar-refractivity contribution in [3.05, 3.63) is 59.1 Å². The minimum Gasteiger partial charge on any atom is -0.481 e. The van der Waals surface area contributed by atoms with E-state index in [2.05, 4.69) is 5.32 Å². The number of halogens is 1. The summed E-state index contributed by atoms with van der Waals surface area (Å²) in [4.78, 5) is 12.2. The second-order valence-electron chi connectivity index (χ2n) is 4.83. The van der Waals surface area contributed by atoms with E-state index in [0.29, 0.717) is 22.9 Å². The van der Waals surface area contributed by atoms with Gasteiger partial charge < -0.3 is 10.1 Å². The van der Waals surface area contributed by atoms with Gasteiger partial charge in [-0.3, -0.25) is 4.79 Å². The Balaban J connectivity index is 2.03. The third-order valence-corrected chi connectivity index (χ3v) is 3.29. The fourth-order valence-corrected chi connectivity index (χ4v) is 2.08. The van der Waals surface area contributed by atoms with Crippen molar-refractivity contribution in [1.29, 1.82) is 0 Å². The predicted octanol–water partition coefficient (Wildman–Crippen LogP) is 4.44. The highest BCUT2D eigenvalue weighted by Crippen LogP contribution is 2.18. The molecule has 0 unspecified atom stereocenters. The lowest BCUT2D eigenvalue weighted by Gasteiger charge is -2.17. The molecule has 0 bridgehead atoms. The number of anilines is 1. The first-order valence-corrected chi connectivity index (χ1v) is 7.26. The van der Waals surface area contributed by atoms with Crippen LogP contribution in [-0.2, 0) is 4.79 Å². The summed E-state index contributed by atoms with van der Waals surface area (Å²) in [6, 6.07) is 14.7. The Bertz CT molecular complexity index is 610. The molecular weight excluding hydrogens is 286 g/mol. The van der Waals surface area contributed by atoms with Gasteiger partial charge in [0, 0.05) is 10.7 Å². The van der Waals surface area contributed by atoms with Gasteiger partial charge in [0.2, 0.25) is 0 Å². The van der Waals surface area contributed by atoms with Crippen LogP contribution in [0.2, 0.25) is 5.02 Å². The van der Waals surface area contributed by atoms with E-state index in [0.717, 1.165) is 5.56 Å². The number of hydrogen-bond donors (Lipinski definition) is 1. The molecule has 1 amide bonds. The van der Waals surface area contributed by atoms with E-state index in [1.165, 1.54) is 0 Å². The summed E-state index contributed by atoms with van der Waals surface area (Å²) in [6.07, 6.45) is 0.0481. The van der Waals surface area contributed by atoms with Gasteiger partial charge in [0.15, 0.2) is 6.10 Å². The van der Waals surface area contributed by atoms with Crippen molar-refractivity contribution in [2.45, 2.75) is 26.4 Å². The van der Waals surface area contributed by atoms with Crippen LogP contribution in [0.4, 0.5) is 5.69 Å². The molecule has 0 heterocycles. The quantitative estimate of drug-likeness (QED) is 0.886. The molecule has 0 aliphatic carbocycles. The van der Waals surface area contributed by atoms with Crippen LogP contribution in [0.1, 0.15) is 18.9 Å². The van der Waals surface area contributed by atoms with E-state index in [-0.39, 0.29) is 5.91 Å². The molecule has 2 aromatic rings. The lowest BCUT2D eigenvalue weighted by molar-refractivity contribution is -0.122. The van der Waals surface area contributed by atoms with E-state index in [9.17, 15) is 4.79 Å². The van der Waals surface area contributed by atoms with Crippen molar-refractivity contribution in [2.24, 2.45) is 0 Å². The Labute approximate surface area is 129 Å². The van der Waals surface area contributed by atoms with Crippen LogP contribution in [0.3, 0.4) is 0 Å². The molecule has 0 aliphatic rings. The molecule has 0 spiro atoms. The number of carbonyl (C=O) groups excluding carboxylic acids is 1. The smallest absolute Gasteiger partial charge is 0.265 e. The number of ether oxygens (including phenoxy) is 1. The molecule has 1 N–H and O–H groups in total. The average molecular weight is 304 g/mol. The highest BCUT2D eigenvalue weighted by Gasteiger charge is 2.18. The highest BCUT2D eigenvalue weighted by atomic mass is 35.5. The van der Waals surface area contributed by atoms with Crippen LogP contribution in [0, 0.1) is 6.92 Å². The first-order valence-electron chi connectivity index (χ1n) is 6.88. The number of benzene rings is 2. The summed E-state index contributed by atoms with van der Waals surface area (Å²) in [6.45, 7) is 3.92. The predicted molar refractivity (Wildman–Crippen MR) is 86.0 cm³/mol. The first-order chi connectivity index (χ1) is 10.1. The minimum absolute atomic E-state index is 0.180. The van der Waals surface area contributed by atoms with E-state index < -0.39 is 6.10 Å². The van der Waals surface area contributed by atoms with Crippen LogP contribution in [-0.4, -0.2) is 12.0 Å². The Morgan fingerprint density at radius 1 is 1.24 bits per heavy atom. The Hall–Kier alpha value is -2.00. The third-order valence-electron chi connectivity index (χ3n) is 3.05. The monoisotopic (exact) mass is 303 g/mol. The van der Waals surface area contributed by atoms with Crippen molar-refractivity contribution >= 4 is 23.2 Å². The van der Waals surface area contributed by atoms with Gasteiger partial charge in [0.25, 0.3) is 5.91 Å². The maximum atomic E-state index is 12.2. The van der Waals surface area contributed by atoms with Gasteiger partial charge in [-0.05, 0) is 43.7 Å². The molecule has 0 saturated heterocycles. The molecule has 0 radical (unpaired) electrons. The summed E-state index contributed by atoms with van der Waals surface area (Å²) >= 11 is 5.90. The van der Waals surface area contributed by atoms with Gasteiger partial charge in [-0.2, -0.15) is 0 Å². The fraction of sp³-hybridized carbons (Fsp3) is 0.235. The molecule has 0 aliphatic heterocycles. The summed E-state index contributed by atoms with van der Waals surface area (Å²) in [5.74, 6) is 0.508. The second-order valence-corrected chi connectivity index (χ2v) is 5.26. The van der Waals surface area contributed by atoms with Gasteiger partial charge in [-0.25, -0.2) is 0 Å². The second kappa shape index (κ2) is 7.14.